The van der Waals surface area contributed by atoms with Crippen LogP contribution < -0.4 is 4.74 Å². The quantitative estimate of drug-likeness (QED) is 0.291. The van der Waals surface area contributed by atoms with E-state index in [1.807, 2.05) is 6.07 Å². The number of rotatable bonds is 7. The van der Waals surface area contributed by atoms with Crippen molar-refractivity contribution in [3.05, 3.63) is 28.3 Å². The van der Waals surface area contributed by atoms with Gasteiger partial charge in [-0.2, -0.15) is 0 Å². The van der Waals surface area contributed by atoms with Gasteiger partial charge in [0, 0.05) is 31.4 Å². The van der Waals surface area contributed by atoms with Gasteiger partial charge in [-0.05, 0) is 28.5 Å². The number of ether oxygens (including phenoxy) is 2. The summed E-state index contributed by atoms with van der Waals surface area (Å²) in [5, 5.41) is 9.89. The lowest BCUT2D eigenvalue weighted by Gasteiger charge is -2.32. The smallest absolute Gasteiger partial charge is 0.189 e. The number of aliphatic hydroxyl groups is 1. The molecule has 0 aromatic heterocycles. The second-order valence-electron chi connectivity index (χ2n) is 10.4. The fourth-order valence-electron chi connectivity index (χ4n) is 2.97. The van der Waals surface area contributed by atoms with Crippen LogP contribution >= 0.6 is 0 Å². The number of hydrogen-bond acceptors (Lipinski definition) is 3. The summed E-state index contributed by atoms with van der Waals surface area (Å²) in [7, 11) is -1.13. The van der Waals surface area contributed by atoms with Crippen LogP contribution in [0.15, 0.2) is 6.07 Å². The van der Waals surface area contributed by atoms with E-state index >= 15 is 0 Å². The molecule has 0 atom stereocenters. The molecule has 0 unspecified atom stereocenters. The first-order valence-electron chi connectivity index (χ1n) is 9.71. The molecule has 0 aliphatic heterocycles. The van der Waals surface area contributed by atoms with Crippen molar-refractivity contribution in [1.29, 1.82) is 0 Å². The molecule has 0 aliphatic rings. The van der Waals surface area contributed by atoms with E-state index in [0.717, 1.165) is 34.0 Å². The molecule has 0 aliphatic carbocycles. The molecule has 0 saturated carbocycles. The zero-order valence-corrected chi connectivity index (χ0v) is 19.7. The molecule has 0 bridgehead atoms. The average Bonchev–Trinajstić information content (AvgIpc) is 2.50. The van der Waals surface area contributed by atoms with E-state index in [1.54, 1.807) is 0 Å². The second kappa shape index (κ2) is 8.81. The highest BCUT2D eigenvalue weighted by molar-refractivity contribution is 6.76. The summed E-state index contributed by atoms with van der Waals surface area (Å²) in [5.74, 6) is 3.59. The Morgan fingerprint density at radius 1 is 1.07 bits per heavy atom. The SMILES string of the molecule is C#Cc1c(CO)cc(C(C)(C)C)c(OCOCC[Si](C)(C)C)c1C(C)(C)C. The predicted molar refractivity (Wildman–Crippen MR) is 117 cm³/mol. The summed E-state index contributed by atoms with van der Waals surface area (Å²) < 4.78 is 12.0. The molecule has 1 aromatic carbocycles. The van der Waals surface area contributed by atoms with Crippen LogP contribution in [-0.2, 0) is 22.2 Å². The number of aliphatic hydroxyl groups excluding tert-OH is 1. The van der Waals surface area contributed by atoms with Crippen molar-refractivity contribution >= 4 is 8.07 Å². The summed E-state index contributed by atoms with van der Waals surface area (Å²) in [6.07, 6.45) is 5.83. The van der Waals surface area contributed by atoms with E-state index in [4.69, 9.17) is 15.9 Å². The van der Waals surface area contributed by atoms with Gasteiger partial charge in [0.15, 0.2) is 6.79 Å². The Hall–Kier alpha value is -1.28. The van der Waals surface area contributed by atoms with Crippen molar-refractivity contribution in [2.24, 2.45) is 0 Å². The van der Waals surface area contributed by atoms with Gasteiger partial charge in [-0.3, -0.25) is 0 Å². The summed E-state index contributed by atoms with van der Waals surface area (Å²) in [4.78, 5) is 0. The fraction of sp³-hybridized carbons (Fsp3) is 0.652. The molecular formula is C23H38O3Si. The minimum Gasteiger partial charge on any atom is -0.467 e. The first kappa shape index (κ1) is 23.8. The summed E-state index contributed by atoms with van der Waals surface area (Å²) in [6.45, 7) is 20.6. The lowest BCUT2D eigenvalue weighted by Crippen LogP contribution is -2.24. The maximum absolute atomic E-state index is 9.89. The maximum atomic E-state index is 9.89. The Morgan fingerprint density at radius 2 is 1.67 bits per heavy atom. The van der Waals surface area contributed by atoms with Crippen molar-refractivity contribution in [1.82, 2.24) is 0 Å². The van der Waals surface area contributed by atoms with Crippen molar-refractivity contribution in [2.45, 2.75) is 84.7 Å². The Labute approximate surface area is 167 Å². The molecule has 0 saturated heterocycles. The molecule has 1 aromatic rings. The van der Waals surface area contributed by atoms with Crippen LogP contribution in [0.25, 0.3) is 0 Å². The molecular weight excluding hydrogens is 352 g/mol. The van der Waals surface area contributed by atoms with Crippen molar-refractivity contribution < 1.29 is 14.6 Å². The molecule has 152 valence electrons. The van der Waals surface area contributed by atoms with Gasteiger partial charge in [-0.25, -0.2) is 0 Å². The second-order valence-corrected chi connectivity index (χ2v) is 16.1. The molecule has 3 nitrogen and oxygen atoms in total. The van der Waals surface area contributed by atoms with E-state index in [0.29, 0.717) is 6.61 Å². The van der Waals surface area contributed by atoms with E-state index in [1.165, 1.54) is 0 Å². The highest BCUT2D eigenvalue weighted by atomic mass is 28.3. The summed E-state index contributed by atoms with van der Waals surface area (Å²) in [5.41, 5.74) is 3.15. The Kier molecular flexibility index (Phi) is 7.75. The van der Waals surface area contributed by atoms with Gasteiger partial charge >= 0.3 is 0 Å². The number of benzene rings is 1. The third-order valence-electron chi connectivity index (χ3n) is 4.52. The standard InChI is InChI=1S/C23H38O3Si/c1-11-18-17(15-24)14-19(22(2,3)4)21(20(18)23(5,6)7)26-16-25-12-13-27(8,9)10/h1,14,24H,12-13,15-16H2,2-10H3. The molecule has 4 heteroatoms. The minimum atomic E-state index is -1.13. The fourth-order valence-corrected chi connectivity index (χ4v) is 3.73. The minimum absolute atomic E-state index is 0.0846. The summed E-state index contributed by atoms with van der Waals surface area (Å²) >= 11 is 0. The lowest BCUT2D eigenvalue weighted by molar-refractivity contribution is 0.0199. The topological polar surface area (TPSA) is 38.7 Å². The molecule has 0 amide bonds. The number of hydrogen-bond donors (Lipinski definition) is 1. The van der Waals surface area contributed by atoms with E-state index in [-0.39, 0.29) is 24.2 Å². The first-order valence-corrected chi connectivity index (χ1v) is 13.4. The van der Waals surface area contributed by atoms with E-state index < -0.39 is 8.07 Å². The Balaban J connectivity index is 3.35. The van der Waals surface area contributed by atoms with Gasteiger partial charge in [0.05, 0.1) is 6.61 Å². The normalized spacial score (nSPS) is 12.8. The molecule has 0 radical (unpaired) electrons. The van der Waals surface area contributed by atoms with Gasteiger partial charge in [-0.1, -0.05) is 67.1 Å². The van der Waals surface area contributed by atoms with Crippen LogP contribution in [-0.4, -0.2) is 26.6 Å². The van der Waals surface area contributed by atoms with Crippen LogP contribution in [0.2, 0.25) is 25.7 Å². The van der Waals surface area contributed by atoms with Crippen LogP contribution in [0.3, 0.4) is 0 Å². The van der Waals surface area contributed by atoms with Gasteiger partial charge in [0.2, 0.25) is 0 Å². The monoisotopic (exact) mass is 390 g/mol. The molecule has 1 N–H and O–H groups in total. The molecule has 0 spiro atoms. The van der Waals surface area contributed by atoms with Crippen molar-refractivity contribution in [3.63, 3.8) is 0 Å². The Bertz CT molecular complexity index is 680. The highest BCUT2D eigenvalue weighted by Crippen LogP contribution is 2.43. The first-order chi connectivity index (χ1) is 12.2. The molecule has 0 fully saturated rings. The highest BCUT2D eigenvalue weighted by Gasteiger charge is 2.31. The van der Waals surface area contributed by atoms with Crippen LogP contribution in [0.5, 0.6) is 5.75 Å². The average molecular weight is 391 g/mol. The van der Waals surface area contributed by atoms with Crippen LogP contribution in [0.1, 0.15) is 63.8 Å². The van der Waals surface area contributed by atoms with Crippen molar-refractivity contribution in [2.75, 3.05) is 13.4 Å². The van der Waals surface area contributed by atoms with Crippen LogP contribution in [0, 0.1) is 12.3 Å². The third-order valence-corrected chi connectivity index (χ3v) is 6.22. The molecule has 0 heterocycles. The lowest BCUT2D eigenvalue weighted by atomic mass is 9.76. The third kappa shape index (κ3) is 6.67. The summed E-state index contributed by atoms with van der Waals surface area (Å²) in [6, 6.07) is 3.09. The number of terminal acetylenes is 1. The Morgan fingerprint density at radius 3 is 2.07 bits per heavy atom. The van der Waals surface area contributed by atoms with Gasteiger partial charge in [-0.15, -0.1) is 6.42 Å². The molecule has 27 heavy (non-hydrogen) atoms. The zero-order valence-electron chi connectivity index (χ0n) is 18.7. The van der Waals surface area contributed by atoms with E-state index in [9.17, 15) is 5.11 Å². The van der Waals surface area contributed by atoms with E-state index in [2.05, 4.69) is 67.1 Å². The largest absolute Gasteiger partial charge is 0.467 e. The zero-order chi connectivity index (χ0) is 21.0. The maximum Gasteiger partial charge on any atom is 0.189 e. The van der Waals surface area contributed by atoms with Gasteiger partial charge in [0.25, 0.3) is 0 Å². The predicted octanol–water partition coefficient (Wildman–Crippen LogP) is 5.45. The van der Waals surface area contributed by atoms with Gasteiger partial charge < -0.3 is 14.6 Å². The van der Waals surface area contributed by atoms with Crippen molar-refractivity contribution in [3.8, 4) is 18.1 Å². The molecule has 1 rings (SSSR count). The van der Waals surface area contributed by atoms with Gasteiger partial charge in [0.1, 0.15) is 5.75 Å². The van der Waals surface area contributed by atoms with Crippen LogP contribution in [0.4, 0.5) is 0 Å².